The summed E-state index contributed by atoms with van der Waals surface area (Å²) in [4.78, 5) is 20.1. The summed E-state index contributed by atoms with van der Waals surface area (Å²) in [5.74, 6) is 0.731. The summed E-state index contributed by atoms with van der Waals surface area (Å²) in [6.45, 7) is 4.57. The maximum Gasteiger partial charge on any atom is 0.308 e. The highest BCUT2D eigenvalue weighted by atomic mass is 32.2. The van der Waals surface area contributed by atoms with Crippen LogP contribution in [0.25, 0.3) is 10.9 Å². The van der Waals surface area contributed by atoms with Gasteiger partial charge < -0.3 is 19.8 Å². The Hall–Kier alpha value is -2.13. The molecule has 6 nitrogen and oxygen atoms in total. The van der Waals surface area contributed by atoms with E-state index in [2.05, 4.69) is 28.9 Å². The van der Waals surface area contributed by atoms with Gasteiger partial charge in [0, 0.05) is 28.8 Å². The van der Waals surface area contributed by atoms with Crippen LogP contribution < -0.4 is 4.74 Å². The Labute approximate surface area is 215 Å². The van der Waals surface area contributed by atoms with Crippen LogP contribution in [-0.4, -0.2) is 58.6 Å². The van der Waals surface area contributed by atoms with Crippen LogP contribution in [0.3, 0.4) is 0 Å². The summed E-state index contributed by atoms with van der Waals surface area (Å²) in [6, 6.07) is 11.8. The van der Waals surface area contributed by atoms with Crippen LogP contribution in [0, 0.1) is 18.8 Å². The van der Waals surface area contributed by atoms with Crippen molar-refractivity contribution in [3.05, 3.63) is 53.0 Å². The zero-order chi connectivity index (χ0) is 24.8. The highest BCUT2D eigenvalue weighted by molar-refractivity contribution is 8.01. The van der Waals surface area contributed by atoms with E-state index < -0.39 is 18.0 Å². The molecule has 3 atom stereocenters. The number of ether oxygens (including phenoxy) is 1. The fourth-order valence-corrected chi connectivity index (χ4v) is 7.05. The number of carboxylic acids is 1. The third kappa shape index (κ3) is 6.76. The molecule has 0 unspecified atom stereocenters. The smallest absolute Gasteiger partial charge is 0.308 e. The first-order chi connectivity index (χ1) is 16.9. The summed E-state index contributed by atoms with van der Waals surface area (Å²) in [6.07, 6.45) is 4.17. The Morgan fingerprint density at radius 1 is 1.31 bits per heavy atom. The lowest BCUT2D eigenvalue weighted by atomic mass is 9.81. The van der Waals surface area contributed by atoms with E-state index in [0.29, 0.717) is 19.4 Å². The van der Waals surface area contributed by atoms with Crippen molar-refractivity contribution in [2.75, 3.05) is 32.5 Å². The molecular formula is C27H34N2O4S2. The van der Waals surface area contributed by atoms with Gasteiger partial charge in [-0.3, -0.25) is 9.78 Å². The molecule has 1 saturated heterocycles. The maximum absolute atomic E-state index is 12.1. The van der Waals surface area contributed by atoms with E-state index in [0.717, 1.165) is 53.9 Å². The second-order valence-electron chi connectivity index (χ2n) is 9.24. The minimum absolute atomic E-state index is 0.0736. The number of benzene rings is 1. The van der Waals surface area contributed by atoms with E-state index >= 15 is 0 Å². The standard InChI is InChI=1S/C27H34N2O4S2/c1-18-4-9-26(35-18)34-15-3-13-29-14-11-19(23(17-29)27(31)32)5-8-25(30)21-10-12-28-24-7-6-20(33-2)16-22(21)24/h4,6-7,9-10,12,16,19,23,25,30H,3,5,8,11,13-15,17H2,1-2H3,(H,31,32)/t19-,23+,25-/m1/s1. The SMILES string of the molecule is COc1ccc2nccc([C@H](O)CC[C@@H]3CCN(CCCSc4ccc(C)s4)C[C@@H]3C(=O)O)c2c1. The number of carbonyl (C=O) groups is 1. The number of carboxylic acid groups (broad SMARTS) is 1. The first-order valence-electron chi connectivity index (χ1n) is 12.2. The lowest BCUT2D eigenvalue weighted by Crippen LogP contribution is -2.44. The van der Waals surface area contributed by atoms with Crippen molar-refractivity contribution in [2.45, 2.75) is 42.9 Å². The molecule has 0 radical (unpaired) electrons. The zero-order valence-corrected chi connectivity index (χ0v) is 22.0. The largest absolute Gasteiger partial charge is 0.497 e. The van der Waals surface area contributed by atoms with Gasteiger partial charge in [-0.25, -0.2) is 0 Å². The first kappa shape index (κ1) is 25.9. The van der Waals surface area contributed by atoms with Crippen molar-refractivity contribution in [1.82, 2.24) is 9.88 Å². The quantitative estimate of drug-likeness (QED) is 0.253. The minimum atomic E-state index is -0.725. The monoisotopic (exact) mass is 514 g/mol. The Kier molecular flexibility index (Phi) is 9.05. The summed E-state index contributed by atoms with van der Waals surface area (Å²) >= 11 is 3.71. The van der Waals surface area contributed by atoms with Gasteiger partial charge in [-0.2, -0.15) is 0 Å². The van der Waals surface area contributed by atoms with Gasteiger partial charge in [0.1, 0.15) is 5.75 Å². The Bertz CT molecular complexity index is 1140. The van der Waals surface area contributed by atoms with E-state index in [-0.39, 0.29) is 5.92 Å². The molecule has 8 heteroatoms. The Balaban J connectivity index is 1.30. The summed E-state index contributed by atoms with van der Waals surface area (Å²) < 4.78 is 6.69. The van der Waals surface area contributed by atoms with Crippen molar-refractivity contribution in [1.29, 1.82) is 0 Å². The number of nitrogens with zero attached hydrogens (tertiary/aromatic N) is 2. The number of aliphatic hydroxyl groups excluding tert-OH is 1. The number of aliphatic carboxylic acids is 1. The molecule has 0 spiro atoms. The lowest BCUT2D eigenvalue weighted by Gasteiger charge is -2.37. The maximum atomic E-state index is 12.1. The highest BCUT2D eigenvalue weighted by Gasteiger charge is 2.34. The minimum Gasteiger partial charge on any atom is -0.497 e. The van der Waals surface area contributed by atoms with E-state index in [9.17, 15) is 15.0 Å². The van der Waals surface area contributed by atoms with Gasteiger partial charge in [0.2, 0.25) is 0 Å². The van der Waals surface area contributed by atoms with Crippen molar-refractivity contribution < 1.29 is 19.7 Å². The molecular weight excluding hydrogens is 480 g/mol. The summed E-state index contributed by atoms with van der Waals surface area (Å²) in [5.41, 5.74) is 1.63. The number of thioether (sulfide) groups is 1. The Morgan fingerprint density at radius 3 is 2.91 bits per heavy atom. The van der Waals surface area contributed by atoms with Gasteiger partial charge >= 0.3 is 5.97 Å². The molecule has 4 rings (SSSR count). The molecule has 1 fully saturated rings. The van der Waals surface area contributed by atoms with Crippen molar-refractivity contribution in [2.24, 2.45) is 11.8 Å². The molecule has 0 bridgehead atoms. The van der Waals surface area contributed by atoms with E-state index in [1.807, 2.05) is 47.4 Å². The van der Waals surface area contributed by atoms with Gasteiger partial charge in [-0.05, 0) is 93.6 Å². The highest BCUT2D eigenvalue weighted by Crippen LogP contribution is 2.34. The van der Waals surface area contributed by atoms with Crippen LogP contribution >= 0.6 is 23.1 Å². The molecule has 35 heavy (non-hydrogen) atoms. The molecule has 1 aliphatic rings. The van der Waals surface area contributed by atoms with E-state index in [1.54, 1.807) is 13.3 Å². The van der Waals surface area contributed by atoms with Crippen LogP contribution in [0.1, 0.15) is 42.2 Å². The number of pyridine rings is 1. The number of aryl methyl sites for hydroxylation is 1. The molecule has 0 amide bonds. The predicted molar refractivity (Wildman–Crippen MR) is 143 cm³/mol. The number of aromatic nitrogens is 1. The van der Waals surface area contributed by atoms with Crippen LogP contribution in [0.15, 0.2) is 46.8 Å². The number of hydrogen-bond donors (Lipinski definition) is 2. The van der Waals surface area contributed by atoms with Gasteiger partial charge in [0.05, 0.1) is 28.9 Å². The number of methoxy groups -OCH3 is 1. The van der Waals surface area contributed by atoms with Crippen molar-refractivity contribution in [3.63, 3.8) is 0 Å². The third-order valence-corrected chi connectivity index (χ3v) is 9.20. The van der Waals surface area contributed by atoms with Crippen LogP contribution in [0.5, 0.6) is 5.75 Å². The van der Waals surface area contributed by atoms with E-state index in [4.69, 9.17) is 4.74 Å². The van der Waals surface area contributed by atoms with Gasteiger partial charge in [-0.1, -0.05) is 0 Å². The third-order valence-electron chi connectivity index (χ3n) is 6.89. The first-order valence-corrected chi connectivity index (χ1v) is 14.0. The second kappa shape index (κ2) is 12.2. The fraction of sp³-hybridized carbons (Fsp3) is 0.481. The van der Waals surface area contributed by atoms with E-state index in [1.165, 1.54) is 9.09 Å². The number of thiophene rings is 1. The number of rotatable bonds is 11. The molecule has 0 aliphatic carbocycles. The normalized spacial score (nSPS) is 19.6. The topological polar surface area (TPSA) is 82.9 Å². The number of likely N-dealkylation sites (tertiary alicyclic amines) is 1. The number of aliphatic hydroxyl groups is 1. The summed E-state index contributed by atoms with van der Waals surface area (Å²) in [5, 5.41) is 21.8. The molecule has 0 saturated carbocycles. The van der Waals surface area contributed by atoms with Gasteiger partial charge in [-0.15, -0.1) is 23.1 Å². The Morgan fingerprint density at radius 2 is 2.17 bits per heavy atom. The fourth-order valence-electron chi connectivity index (χ4n) is 4.94. The molecule has 1 aliphatic heterocycles. The molecule has 3 aromatic rings. The van der Waals surface area contributed by atoms with Crippen molar-refractivity contribution in [3.8, 4) is 5.75 Å². The lowest BCUT2D eigenvalue weighted by molar-refractivity contribution is -0.146. The predicted octanol–water partition coefficient (Wildman–Crippen LogP) is 5.63. The number of fused-ring (bicyclic) bond motifs is 1. The van der Waals surface area contributed by atoms with Crippen molar-refractivity contribution >= 4 is 40.0 Å². The number of hydrogen-bond acceptors (Lipinski definition) is 7. The zero-order valence-electron chi connectivity index (χ0n) is 20.4. The molecule has 188 valence electrons. The van der Waals surface area contributed by atoms with Gasteiger partial charge in [0.15, 0.2) is 0 Å². The van der Waals surface area contributed by atoms with Crippen LogP contribution in [0.2, 0.25) is 0 Å². The average Bonchev–Trinajstić information content (AvgIpc) is 3.29. The van der Waals surface area contributed by atoms with Crippen LogP contribution in [-0.2, 0) is 4.79 Å². The molecule has 1 aromatic carbocycles. The van der Waals surface area contributed by atoms with Crippen LogP contribution in [0.4, 0.5) is 0 Å². The van der Waals surface area contributed by atoms with Gasteiger partial charge in [0.25, 0.3) is 0 Å². The summed E-state index contributed by atoms with van der Waals surface area (Å²) in [7, 11) is 1.62. The molecule has 2 aromatic heterocycles. The molecule has 2 N–H and O–H groups in total. The average molecular weight is 515 g/mol. The number of piperidine rings is 1. The molecule has 3 heterocycles. The second-order valence-corrected chi connectivity index (χ2v) is 11.9.